The van der Waals surface area contributed by atoms with E-state index in [0.717, 1.165) is 25.1 Å². The Morgan fingerprint density at radius 2 is 1.96 bits per heavy atom. The Labute approximate surface area is 148 Å². The van der Waals surface area contributed by atoms with E-state index in [4.69, 9.17) is 16.3 Å². The maximum Gasteiger partial charge on any atom is 0.310 e. The van der Waals surface area contributed by atoms with Crippen molar-refractivity contribution in [3.8, 4) is 0 Å². The van der Waals surface area contributed by atoms with E-state index in [9.17, 15) is 4.79 Å². The number of fused-ring (bicyclic) bond motifs is 1. The molecule has 0 fully saturated rings. The lowest BCUT2D eigenvalue weighted by molar-refractivity contribution is -0.139. The predicted octanol–water partition coefficient (Wildman–Crippen LogP) is 4.24. The van der Waals surface area contributed by atoms with Crippen LogP contribution >= 0.6 is 11.6 Å². The number of carbonyl (C=O) groups is 1. The topological polar surface area (TPSA) is 29.5 Å². The Hall–Kier alpha value is -2.00. The van der Waals surface area contributed by atoms with Crippen molar-refractivity contribution in [3.05, 3.63) is 63.2 Å². The molecule has 1 aliphatic rings. The first kappa shape index (κ1) is 16.8. The highest BCUT2D eigenvalue weighted by molar-refractivity contribution is 6.31. The Morgan fingerprint density at radius 3 is 2.62 bits per heavy atom. The van der Waals surface area contributed by atoms with Crippen molar-refractivity contribution < 1.29 is 9.53 Å². The number of rotatable bonds is 4. The molecule has 0 saturated carbocycles. The summed E-state index contributed by atoms with van der Waals surface area (Å²) in [5, 5.41) is 0.646. The molecular formula is C20H22ClNO2. The molecule has 2 aromatic rings. The van der Waals surface area contributed by atoms with Crippen molar-refractivity contribution >= 4 is 23.3 Å². The summed E-state index contributed by atoms with van der Waals surface area (Å²) in [6, 6.07) is 10.5. The summed E-state index contributed by atoms with van der Waals surface area (Å²) in [4.78, 5) is 14.0. The molecule has 3 nitrogen and oxygen atoms in total. The summed E-state index contributed by atoms with van der Waals surface area (Å²) in [7, 11) is 1.40. The lowest BCUT2D eigenvalue weighted by Gasteiger charge is -2.23. The summed E-state index contributed by atoms with van der Waals surface area (Å²) in [5.41, 5.74) is 7.26. The minimum absolute atomic E-state index is 0.208. The molecule has 0 N–H and O–H groups in total. The van der Waals surface area contributed by atoms with Gasteiger partial charge >= 0.3 is 5.97 Å². The molecule has 24 heavy (non-hydrogen) atoms. The summed E-state index contributed by atoms with van der Waals surface area (Å²) in [6.07, 6.45) is 1.19. The third-order valence-corrected chi connectivity index (χ3v) is 5.15. The van der Waals surface area contributed by atoms with Crippen molar-refractivity contribution in [3.63, 3.8) is 0 Å². The highest BCUT2D eigenvalue weighted by atomic mass is 35.5. The van der Waals surface area contributed by atoms with Gasteiger partial charge in [0.05, 0.1) is 13.5 Å². The molecule has 3 rings (SSSR count). The van der Waals surface area contributed by atoms with E-state index < -0.39 is 0 Å². The van der Waals surface area contributed by atoms with Crippen molar-refractivity contribution in [1.82, 2.24) is 0 Å². The number of ether oxygens (including phenoxy) is 1. The van der Waals surface area contributed by atoms with Crippen molar-refractivity contribution in [2.75, 3.05) is 18.6 Å². The summed E-state index contributed by atoms with van der Waals surface area (Å²) >= 11 is 6.34. The number of benzene rings is 2. The SMILES string of the molecule is COC(=O)Cc1cc2c(cc1Cl)CCN2Cc1c(C)cccc1C. The molecule has 0 spiro atoms. The molecule has 126 valence electrons. The molecule has 0 atom stereocenters. The maximum absolute atomic E-state index is 11.6. The van der Waals surface area contributed by atoms with Gasteiger partial charge < -0.3 is 9.64 Å². The summed E-state index contributed by atoms with van der Waals surface area (Å²) < 4.78 is 4.77. The van der Waals surface area contributed by atoms with Crippen LogP contribution < -0.4 is 4.90 Å². The number of hydrogen-bond donors (Lipinski definition) is 0. The van der Waals surface area contributed by atoms with Crippen LogP contribution in [0.5, 0.6) is 0 Å². The summed E-state index contributed by atoms with van der Waals surface area (Å²) in [6.45, 7) is 6.17. The smallest absolute Gasteiger partial charge is 0.310 e. The molecule has 1 aliphatic heterocycles. The third kappa shape index (κ3) is 3.27. The van der Waals surface area contributed by atoms with Crippen LogP contribution in [0.15, 0.2) is 30.3 Å². The van der Waals surface area contributed by atoms with Crippen molar-refractivity contribution in [2.24, 2.45) is 0 Å². The van der Waals surface area contributed by atoms with Gasteiger partial charge in [0.2, 0.25) is 0 Å². The van der Waals surface area contributed by atoms with E-state index >= 15 is 0 Å². The van der Waals surface area contributed by atoms with Crippen LogP contribution in [0.1, 0.15) is 27.8 Å². The van der Waals surface area contributed by atoms with Crippen molar-refractivity contribution in [2.45, 2.75) is 33.2 Å². The number of methoxy groups -OCH3 is 1. The number of aryl methyl sites for hydroxylation is 2. The molecule has 0 aromatic heterocycles. The fourth-order valence-electron chi connectivity index (χ4n) is 3.33. The Morgan fingerprint density at radius 1 is 1.25 bits per heavy atom. The van der Waals surface area contributed by atoms with Gasteiger partial charge in [0.1, 0.15) is 0 Å². The van der Waals surface area contributed by atoms with E-state index in [-0.39, 0.29) is 12.4 Å². The number of anilines is 1. The first-order valence-corrected chi connectivity index (χ1v) is 8.55. The Kier molecular flexibility index (Phi) is 4.81. The van der Waals surface area contributed by atoms with Crippen LogP contribution in [0.3, 0.4) is 0 Å². The van der Waals surface area contributed by atoms with Gasteiger partial charge in [-0.1, -0.05) is 29.8 Å². The second-order valence-corrected chi connectivity index (χ2v) is 6.77. The normalized spacial score (nSPS) is 13.1. The average Bonchev–Trinajstić information content (AvgIpc) is 2.93. The van der Waals surface area contributed by atoms with E-state index in [1.165, 1.54) is 35.1 Å². The van der Waals surface area contributed by atoms with Crippen molar-refractivity contribution in [1.29, 1.82) is 0 Å². The lowest BCUT2D eigenvalue weighted by atomic mass is 10.0. The molecular weight excluding hydrogens is 322 g/mol. The van der Waals surface area contributed by atoms with E-state index in [1.54, 1.807) is 0 Å². The molecule has 1 heterocycles. The predicted molar refractivity (Wildman–Crippen MR) is 97.8 cm³/mol. The number of carbonyl (C=O) groups excluding carboxylic acids is 1. The van der Waals surface area contributed by atoms with Gasteiger partial charge in [-0.05, 0) is 60.2 Å². The zero-order valence-electron chi connectivity index (χ0n) is 14.4. The lowest BCUT2D eigenvalue weighted by Crippen LogP contribution is -2.21. The minimum atomic E-state index is -0.267. The monoisotopic (exact) mass is 343 g/mol. The van der Waals surface area contributed by atoms with E-state index in [0.29, 0.717) is 5.02 Å². The van der Waals surface area contributed by atoms with Crippen LogP contribution in [0, 0.1) is 13.8 Å². The molecule has 0 aliphatic carbocycles. The van der Waals surface area contributed by atoms with Gasteiger partial charge in [-0.15, -0.1) is 0 Å². The summed E-state index contributed by atoms with van der Waals surface area (Å²) in [5.74, 6) is -0.267. The van der Waals surface area contributed by atoms with Gasteiger partial charge in [-0.25, -0.2) is 0 Å². The molecule has 0 amide bonds. The van der Waals surface area contributed by atoms with Gasteiger partial charge in [0.25, 0.3) is 0 Å². The van der Waals surface area contributed by atoms with Crippen LogP contribution in [0.25, 0.3) is 0 Å². The highest BCUT2D eigenvalue weighted by Crippen LogP contribution is 2.35. The van der Waals surface area contributed by atoms with E-state index in [1.807, 2.05) is 6.07 Å². The first-order chi connectivity index (χ1) is 11.5. The quantitative estimate of drug-likeness (QED) is 0.778. The highest BCUT2D eigenvalue weighted by Gasteiger charge is 2.22. The van der Waals surface area contributed by atoms with Gasteiger partial charge in [-0.2, -0.15) is 0 Å². The Balaban J connectivity index is 1.91. The third-order valence-electron chi connectivity index (χ3n) is 4.80. The molecule has 4 heteroatoms. The van der Waals surface area contributed by atoms with Gasteiger partial charge in [0.15, 0.2) is 0 Å². The van der Waals surface area contributed by atoms with Gasteiger partial charge in [0, 0.05) is 23.8 Å². The maximum atomic E-state index is 11.6. The first-order valence-electron chi connectivity index (χ1n) is 8.17. The molecule has 0 bridgehead atoms. The number of nitrogens with zero attached hydrogens (tertiary/aromatic N) is 1. The van der Waals surface area contributed by atoms with Gasteiger partial charge in [-0.3, -0.25) is 4.79 Å². The second-order valence-electron chi connectivity index (χ2n) is 6.37. The van der Waals surface area contributed by atoms with Crippen LogP contribution in [-0.2, 0) is 28.9 Å². The van der Waals surface area contributed by atoms with Crippen LogP contribution in [-0.4, -0.2) is 19.6 Å². The fourth-order valence-corrected chi connectivity index (χ4v) is 3.59. The number of hydrogen-bond acceptors (Lipinski definition) is 3. The minimum Gasteiger partial charge on any atom is -0.469 e. The second kappa shape index (κ2) is 6.86. The number of esters is 1. The largest absolute Gasteiger partial charge is 0.469 e. The van der Waals surface area contributed by atoms with Crippen LogP contribution in [0.4, 0.5) is 5.69 Å². The number of halogens is 1. The Bertz CT molecular complexity index is 765. The zero-order chi connectivity index (χ0) is 17.3. The molecule has 0 radical (unpaired) electrons. The van der Waals surface area contributed by atoms with Crippen LogP contribution in [0.2, 0.25) is 5.02 Å². The molecule has 2 aromatic carbocycles. The molecule has 0 unspecified atom stereocenters. The standard InChI is InChI=1S/C20H22ClNO2/c1-13-5-4-6-14(2)17(13)12-22-8-7-15-9-18(21)16(10-19(15)22)11-20(23)24-3/h4-6,9-10H,7-8,11-12H2,1-3H3. The zero-order valence-corrected chi connectivity index (χ0v) is 15.1. The average molecular weight is 344 g/mol. The fraction of sp³-hybridized carbons (Fsp3) is 0.350. The van der Waals surface area contributed by atoms with E-state index in [2.05, 4.69) is 43.0 Å². The molecule has 0 saturated heterocycles.